The smallest absolute Gasteiger partial charge is 0.305 e. The molecule has 3 N–H and O–H groups in total. The van der Waals surface area contributed by atoms with Crippen LogP contribution in [0.1, 0.15) is 16.8 Å². The first-order valence-electron chi connectivity index (χ1n) is 4.69. The lowest BCUT2D eigenvalue weighted by molar-refractivity contribution is -0.136. The summed E-state index contributed by atoms with van der Waals surface area (Å²) >= 11 is 0. The van der Waals surface area contributed by atoms with Crippen LogP contribution in [0.2, 0.25) is 0 Å². The highest BCUT2D eigenvalue weighted by Gasteiger charge is 2.06. The van der Waals surface area contributed by atoms with Crippen molar-refractivity contribution in [3.63, 3.8) is 0 Å². The fourth-order valence-electron chi connectivity index (χ4n) is 1.14. The van der Waals surface area contributed by atoms with Crippen molar-refractivity contribution >= 4 is 17.7 Å². The maximum Gasteiger partial charge on any atom is 0.305 e. The van der Waals surface area contributed by atoms with Crippen LogP contribution in [-0.2, 0) is 4.79 Å². The van der Waals surface area contributed by atoms with E-state index < -0.39 is 11.9 Å². The first-order valence-corrected chi connectivity index (χ1v) is 4.69. The third kappa shape index (κ3) is 3.23. The number of anilines is 1. The Morgan fingerprint density at radius 2 is 2.19 bits per heavy atom. The molecule has 1 heterocycles. The number of rotatable bonds is 5. The van der Waals surface area contributed by atoms with Crippen LogP contribution in [0.25, 0.3) is 0 Å². The Kier molecular flexibility index (Phi) is 3.82. The minimum atomic E-state index is -0.861. The average molecular weight is 223 g/mol. The third-order valence-corrected chi connectivity index (χ3v) is 2.08. The standard InChI is InChI=1S/C10H13N3O3/c1-13(5-4-9(14)15)8-3-2-7(6-12-8)10(11)16/h2-3,6H,4-5H2,1H3,(H2,11,16)(H,14,15). The molecule has 0 aliphatic rings. The molecule has 6 heteroatoms. The molecule has 0 saturated heterocycles. The molecule has 0 radical (unpaired) electrons. The lowest BCUT2D eigenvalue weighted by Gasteiger charge is -2.16. The molecule has 0 aliphatic carbocycles. The van der Waals surface area contributed by atoms with Crippen LogP contribution in [-0.4, -0.2) is 35.6 Å². The zero-order chi connectivity index (χ0) is 12.1. The van der Waals surface area contributed by atoms with Crippen molar-refractivity contribution < 1.29 is 14.7 Å². The number of carbonyl (C=O) groups is 2. The van der Waals surface area contributed by atoms with Gasteiger partial charge in [0.2, 0.25) is 5.91 Å². The van der Waals surface area contributed by atoms with Crippen molar-refractivity contribution in [3.8, 4) is 0 Å². The molecule has 1 amide bonds. The Morgan fingerprint density at radius 3 is 2.62 bits per heavy atom. The minimum Gasteiger partial charge on any atom is -0.481 e. The van der Waals surface area contributed by atoms with E-state index in [1.807, 2.05) is 0 Å². The van der Waals surface area contributed by atoms with Crippen LogP contribution < -0.4 is 10.6 Å². The Balaban J connectivity index is 2.66. The Bertz CT molecular complexity index is 389. The van der Waals surface area contributed by atoms with Crippen LogP contribution in [0.15, 0.2) is 18.3 Å². The second kappa shape index (κ2) is 5.11. The van der Waals surface area contributed by atoms with E-state index in [9.17, 15) is 9.59 Å². The average Bonchev–Trinajstić information content (AvgIpc) is 2.26. The van der Waals surface area contributed by atoms with Gasteiger partial charge < -0.3 is 15.7 Å². The number of hydrogen-bond donors (Lipinski definition) is 2. The summed E-state index contributed by atoms with van der Waals surface area (Å²) in [5.74, 6) is -0.793. The highest BCUT2D eigenvalue weighted by Crippen LogP contribution is 2.09. The summed E-state index contributed by atoms with van der Waals surface area (Å²) in [5, 5.41) is 8.52. The molecular formula is C10H13N3O3. The summed E-state index contributed by atoms with van der Waals surface area (Å²) in [6, 6.07) is 3.18. The molecule has 1 rings (SSSR count). The van der Waals surface area contributed by atoms with E-state index in [4.69, 9.17) is 10.8 Å². The van der Waals surface area contributed by atoms with Gasteiger partial charge in [0.05, 0.1) is 12.0 Å². The molecule has 0 atom stereocenters. The number of carbonyl (C=O) groups excluding carboxylic acids is 1. The monoisotopic (exact) mass is 223 g/mol. The number of aliphatic carboxylic acids is 1. The topological polar surface area (TPSA) is 96.5 Å². The fourth-order valence-corrected chi connectivity index (χ4v) is 1.14. The third-order valence-electron chi connectivity index (χ3n) is 2.08. The van der Waals surface area contributed by atoms with Gasteiger partial charge in [-0.1, -0.05) is 0 Å². The highest BCUT2D eigenvalue weighted by atomic mass is 16.4. The Morgan fingerprint density at radius 1 is 1.50 bits per heavy atom. The zero-order valence-corrected chi connectivity index (χ0v) is 8.88. The Labute approximate surface area is 92.7 Å². The molecule has 0 saturated carbocycles. The highest BCUT2D eigenvalue weighted by molar-refractivity contribution is 5.92. The van der Waals surface area contributed by atoms with Crippen molar-refractivity contribution in [2.45, 2.75) is 6.42 Å². The van der Waals surface area contributed by atoms with Gasteiger partial charge >= 0.3 is 5.97 Å². The summed E-state index contributed by atoms with van der Waals surface area (Å²) in [5.41, 5.74) is 5.40. The van der Waals surface area contributed by atoms with Crippen molar-refractivity contribution in [2.75, 3.05) is 18.5 Å². The van der Waals surface area contributed by atoms with E-state index in [1.165, 1.54) is 6.20 Å². The number of pyridine rings is 1. The van der Waals surface area contributed by atoms with Gasteiger partial charge in [0.1, 0.15) is 5.82 Å². The molecule has 0 spiro atoms. The number of hydrogen-bond acceptors (Lipinski definition) is 4. The first kappa shape index (κ1) is 12.0. The predicted octanol–water partition coefficient (Wildman–Crippen LogP) is 0.0914. The molecule has 0 aliphatic heterocycles. The predicted molar refractivity (Wildman–Crippen MR) is 58.3 cm³/mol. The molecule has 86 valence electrons. The summed E-state index contributed by atoms with van der Waals surface area (Å²) < 4.78 is 0. The number of carboxylic acids is 1. The number of nitrogens with two attached hydrogens (primary N) is 1. The van der Waals surface area contributed by atoms with E-state index in [-0.39, 0.29) is 6.42 Å². The van der Waals surface area contributed by atoms with E-state index in [2.05, 4.69) is 4.98 Å². The van der Waals surface area contributed by atoms with Crippen LogP contribution in [0, 0.1) is 0 Å². The molecule has 0 aromatic carbocycles. The van der Waals surface area contributed by atoms with Crippen LogP contribution in [0.4, 0.5) is 5.82 Å². The van der Waals surface area contributed by atoms with Gasteiger partial charge in [0.15, 0.2) is 0 Å². The van der Waals surface area contributed by atoms with Crippen molar-refractivity contribution in [1.29, 1.82) is 0 Å². The van der Waals surface area contributed by atoms with Crippen LogP contribution in [0.3, 0.4) is 0 Å². The second-order valence-electron chi connectivity index (χ2n) is 3.33. The number of amides is 1. The van der Waals surface area contributed by atoms with Crippen molar-refractivity contribution in [3.05, 3.63) is 23.9 Å². The largest absolute Gasteiger partial charge is 0.481 e. The maximum absolute atomic E-state index is 10.8. The summed E-state index contributed by atoms with van der Waals surface area (Å²) in [6.07, 6.45) is 1.41. The lowest BCUT2D eigenvalue weighted by Crippen LogP contribution is -2.22. The Hall–Kier alpha value is -2.11. The van der Waals surface area contributed by atoms with Gasteiger partial charge in [-0.15, -0.1) is 0 Å². The molecular weight excluding hydrogens is 210 g/mol. The van der Waals surface area contributed by atoms with Crippen LogP contribution >= 0.6 is 0 Å². The molecule has 6 nitrogen and oxygen atoms in total. The second-order valence-corrected chi connectivity index (χ2v) is 3.33. The fraction of sp³-hybridized carbons (Fsp3) is 0.300. The van der Waals surface area contributed by atoms with E-state index in [0.29, 0.717) is 17.9 Å². The summed E-state index contributed by atoms with van der Waals surface area (Å²) in [6.45, 7) is 0.359. The maximum atomic E-state index is 10.8. The van der Waals surface area contributed by atoms with E-state index in [0.717, 1.165) is 0 Å². The molecule has 0 unspecified atom stereocenters. The summed E-state index contributed by atoms with van der Waals surface area (Å²) in [4.78, 5) is 26.9. The normalized spacial score (nSPS) is 9.81. The minimum absolute atomic E-state index is 0.0375. The van der Waals surface area contributed by atoms with Gasteiger partial charge in [-0.2, -0.15) is 0 Å². The SMILES string of the molecule is CN(CCC(=O)O)c1ccc(C(N)=O)cn1. The zero-order valence-electron chi connectivity index (χ0n) is 8.88. The molecule has 0 bridgehead atoms. The number of primary amides is 1. The van der Waals surface area contributed by atoms with Gasteiger partial charge in [0.25, 0.3) is 0 Å². The van der Waals surface area contributed by atoms with Crippen molar-refractivity contribution in [1.82, 2.24) is 4.98 Å². The molecule has 1 aromatic rings. The van der Waals surface area contributed by atoms with Gasteiger partial charge in [-0.3, -0.25) is 9.59 Å². The molecule has 0 fully saturated rings. The number of nitrogens with zero attached hydrogens (tertiary/aromatic N) is 2. The van der Waals surface area contributed by atoms with Crippen molar-refractivity contribution in [2.24, 2.45) is 5.73 Å². The van der Waals surface area contributed by atoms with Gasteiger partial charge in [0, 0.05) is 19.8 Å². The molecule has 1 aromatic heterocycles. The van der Waals surface area contributed by atoms with E-state index >= 15 is 0 Å². The lowest BCUT2D eigenvalue weighted by atomic mass is 10.2. The number of aromatic nitrogens is 1. The first-order chi connectivity index (χ1) is 7.50. The van der Waals surface area contributed by atoms with Gasteiger partial charge in [-0.05, 0) is 12.1 Å². The molecule has 16 heavy (non-hydrogen) atoms. The van der Waals surface area contributed by atoms with Gasteiger partial charge in [-0.25, -0.2) is 4.98 Å². The quantitative estimate of drug-likeness (QED) is 0.737. The van der Waals surface area contributed by atoms with E-state index in [1.54, 1.807) is 24.1 Å². The van der Waals surface area contributed by atoms with Crippen LogP contribution in [0.5, 0.6) is 0 Å². The summed E-state index contributed by atoms with van der Waals surface area (Å²) in [7, 11) is 1.73. The number of carboxylic acid groups (broad SMARTS) is 1.